The maximum Gasteiger partial charge on any atom is 0.252 e. The van der Waals surface area contributed by atoms with Crippen LogP contribution in [0.4, 0.5) is 9.52 Å². The molecular weight excluding hydrogens is 341 g/mol. The molecule has 0 saturated carbocycles. The number of carbonyl (C=O) groups is 1. The summed E-state index contributed by atoms with van der Waals surface area (Å²) in [4.78, 5) is 16.1. The van der Waals surface area contributed by atoms with E-state index in [1.54, 1.807) is 12.1 Å². The van der Waals surface area contributed by atoms with Crippen LogP contribution in [0.3, 0.4) is 0 Å². The number of halogens is 1. The SMILES string of the molecule is COCC(=O)Nc1nc(-c2cc(C)n(-c3ccc(F)cc3)c2C)cs1. The molecule has 7 heteroatoms. The molecule has 0 aliphatic carbocycles. The highest BCUT2D eigenvalue weighted by Gasteiger charge is 2.15. The maximum absolute atomic E-state index is 13.2. The lowest BCUT2D eigenvalue weighted by Gasteiger charge is -2.09. The quantitative estimate of drug-likeness (QED) is 0.751. The maximum atomic E-state index is 13.2. The van der Waals surface area contributed by atoms with Crippen molar-refractivity contribution in [3.8, 4) is 16.9 Å². The lowest BCUT2D eigenvalue weighted by molar-refractivity contribution is -0.119. The van der Waals surface area contributed by atoms with E-state index in [0.29, 0.717) is 5.13 Å². The summed E-state index contributed by atoms with van der Waals surface area (Å²) >= 11 is 1.36. The van der Waals surface area contributed by atoms with Gasteiger partial charge in [0.05, 0.1) is 5.69 Å². The number of aromatic nitrogens is 2. The molecule has 1 aromatic carbocycles. The molecule has 1 N–H and O–H groups in total. The summed E-state index contributed by atoms with van der Waals surface area (Å²) in [7, 11) is 1.47. The van der Waals surface area contributed by atoms with E-state index in [2.05, 4.69) is 14.9 Å². The molecule has 2 heterocycles. The highest BCUT2D eigenvalue weighted by molar-refractivity contribution is 7.14. The molecule has 5 nitrogen and oxygen atoms in total. The first-order valence-corrected chi connectivity index (χ1v) is 8.57. The van der Waals surface area contributed by atoms with Crippen LogP contribution < -0.4 is 5.32 Å². The van der Waals surface area contributed by atoms with Crippen molar-refractivity contribution >= 4 is 22.4 Å². The summed E-state index contributed by atoms with van der Waals surface area (Å²) in [6, 6.07) is 8.42. The molecule has 0 spiro atoms. The molecule has 0 radical (unpaired) electrons. The topological polar surface area (TPSA) is 56.1 Å². The lowest BCUT2D eigenvalue weighted by Crippen LogP contribution is -2.16. The molecule has 0 aliphatic rings. The second kappa shape index (κ2) is 7.16. The third-order valence-corrected chi connectivity index (χ3v) is 4.58. The van der Waals surface area contributed by atoms with Gasteiger partial charge in [0.25, 0.3) is 5.91 Å². The van der Waals surface area contributed by atoms with E-state index in [-0.39, 0.29) is 18.3 Å². The fraction of sp³-hybridized carbons (Fsp3) is 0.222. The van der Waals surface area contributed by atoms with Crippen LogP contribution in [0.15, 0.2) is 35.7 Å². The van der Waals surface area contributed by atoms with Crippen molar-refractivity contribution in [2.75, 3.05) is 19.0 Å². The van der Waals surface area contributed by atoms with E-state index in [4.69, 9.17) is 4.74 Å². The minimum atomic E-state index is -0.262. The fourth-order valence-electron chi connectivity index (χ4n) is 2.75. The summed E-state index contributed by atoms with van der Waals surface area (Å²) in [6.07, 6.45) is 0. The Morgan fingerprint density at radius 3 is 2.72 bits per heavy atom. The Labute approximate surface area is 149 Å². The van der Waals surface area contributed by atoms with Gasteiger partial charge < -0.3 is 9.30 Å². The first kappa shape index (κ1) is 17.3. The number of nitrogens with zero attached hydrogens (tertiary/aromatic N) is 2. The van der Waals surface area contributed by atoms with Gasteiger partial charge in [0.1, 0.15) is 12.4 Å². The molecule has 0 fully saturated rings. The number of benzene rings is 1. The van der Waals surface area contributed by atoms with Crippen molar-refractivity contribution in [1.29, 1.82) is 0 Å². The first-order valence-electron chi connectivity index (χ1n) is 7.69. The lowest BCUT2D eigenvalue weighted by atomic mass is 10.2. The highest BCUT2D eigenvalue weighted by atomic mass is 32.1. The second-order valence-electron chi connectivity index (χ2n) is 5.62. The fourth-order valence-corrected chi connectivity index (χ4v) is 3.48. The number of methoxy groups -OCH3 is 1. The molecule has 25 heavy (non-hydrogen) atoms. The summed E-state index contributed by atoms with van der Waals surface area (Å²) in [5, 5.41) is 5.14. The van der Waals surface area contributed by atoms with Crippen molar-refractivity contribution in [3.63, 3.8) is 0 Å². The normalized spacial score (nSPS) is 10.9. The van der Waals surface area contributed by atoms with Gasteiger partial charge in [-0.2, -0.15) is 0 Å². The van der Waals surface area contributed by atoms with Crippen LogP contribution in [0, 0.1) is 19.7 Å². The minimum Gasteiger partial charge on any atom is -0.375 e. The number of amides is 1. The minimum absolute atomic E-state index is 0.00596. The number of ether oxygens (including phenoxy) is 1. The van der Waals surface area contributed by atoms with Crippen molar-refractivity contribution in [2.24, 2.45) is 0 Å². The summed E-state index contributed by atoms with van der Waals surface area (Å²) in [5.74, 6) is -0.498. The Bertz CT molecular complexity index is 900. The van der Waals surface area contributed by atoms with Gasteiger partial charge in [0.2, 0.25) is 0 Å². The van der Waals surface area contributed by atoms with Crippen LogP contribution in [0.25, 0.3) is 16.9 Å². The molecule has 0 aliphatic heterocycles. The molecule has 0 unspecified atom stereocenters. The Balaban J connectivity index is 1.92. The molecule has 0 saturated heterocycles. The average molecular weight is 359 g/mol. The third kappa shape index (κ3) is 3.62. The van der Waals surface area contributed by atoms with Crippen LogP contribution in [0.1, 0.15) is 11.4 Å². The average Bonchev–Trinajstić information content (AvgIpc) is 3.13. The number of anilines is 1. The molecule has 2 aromatic heterocycles. The van der Waals surface area contributed by atoms with Gasteiger partial charge in [-0.15, -0.1) is 11.3 Å². The third-order valence-electron chi connectivity index (χ3n) is 3.82. The zero-order valence-electron chi connectivity index (χ0n) is 14.2. The zero-order valence-corrected chi connectivity index (χ0v) is 15.0. The van der Waals surface area contributed by atoms with Gasteiger partial charge >= 0.3 is 0 Å². The van der Waals surface area contributed by atoms with Crippen LogP contribution >= 0.6 is 11.3 Å². The standard InChI is InChI=1S/C18H18FN3O2S/c1-11-8-15(12(2)22(11)14-6-4-13(19)5-7-14)16-10-25-18(20-16)21-17(23)9-24-3/h4-8,10H,9H2,1-3H3,(H,20,21,23). The van der Waals surface area contributed by atoms with Crippen LogP contribution in [-0.2, 0) is 9.53 Å². The van der Waals surface area contributed by atoms with E-state index < -0.39 is 0 Å². The van der Waals surface area contributed by atoms with E-state index in [9.17, 15) is 9.18 Å². The van der Waals surface area contributed by atoms with Crippen molar-refractivity contribution < 1.29 is 13.9 Å². The largest absolute Gasteiger partial charge is 0.375 e. The van der Waals surface area contributed by atoms with Crippen LogP contribution in [0.2, 0.25) is 0 Å². The molecule has 0 bridgehead atoms. The van der Waals surface area contributed by atoms with Gasteiger partial charge in [-0.1, -0.05) is 0 Å². The smallest absolute Gasteiger partial charge is 0.252 e. The van der Waals surface area contributed by atoms with Gasteiger partial charge in [-0.05, 0) is 44.2 Å². The summed E-state index contributed by atoms with van der Waals surface area (Å²) in [5.41, 5.74) is 4.69. The molecule has 1 amide bonds. The predicted molar refractivity (Wildman–Crippen MR) is 96.8 cm³/mol. The number of aryl methyl sites for hydroxylation is 1. The van der Waals surface area contributed by atoms with Crippen molar-refractivity contribution in [3.05, 3.63) is 52.9 Å². The molecular formula is C18H18FN3O2S. The summed E-state index contributed by atoms with van der Waals surface area (Å²) < 4.78 is 20.0. The number of nitrogens with one attached hydrogen (secondary N) is 1. The Kier molecular flexibility index (Phi) is 4.96. The second-order valence-corrected chi connectivity index (χ2v) is 6.47. The number of thiazole rings is 1. The molecule has 3 rings (SSSR count). The molecule has 3 aromatic rings. The number of carbonyl (C=O) groups excluding carboxylic acids is 1. The monoisotopic (exact) mass is 359 g/mol. The molecule has 130 valence electrons. The van der Waals surface area contributed by atoms with Crippen molar-refractivity contribution in [1.82, 2.24) is 9.55 Å². The predicted octanol–water partition coefficient (Wildman–Crippen LogP) is 3.94. The van der Waals surface area contributed by atoms with E-state index in [1.165, 1.54) is 30.6 Å². The van der Waals surface area contributed by atoms with E-state index >= 15 is 0 Å². The van der Waals surface area contributed by atoms with Gasteiger partial charge in [-0.25, -0.2) is 9.37 Å². The first-order chi connectivity index (χ1) is 12.0. The van der Waals surface area contributed by atoms with Crippen molar-refractivity contribution in [2.45, 2.75) is 13.8 Å². The van der Waals surface area contributed by atoms with Gasteiger partial charge in [0, 0.05) is 35.1 Å². The van der Waals surface area contributed by atoms with Crippen LogP contribution in [0.5, 0.6) is 0 Å². The van der Waals surface area contributed by atoms with E-state index in [0.717, 1.165) is 28.3 Å². The highest BCUT2D eigenvalue weighted by Crippen LogP contribution is 2.31. The number of hydrogen-bond donors (Lipinski definition) is 1. The van der Waals surface area contributed by atoms with E-state index in [1.807, 2.05) is 25.3 Å². The number of rotatable bonds is 5. The Morgan fingerprint density at radius 2 is 2.04 bits per heavy atom. The summed E-state index contributed by atoms with van der Waals surface area (Å²) in [6.45, 7) is 3.98. The number of hydrogen-bond acceptors (Lipinski definition) is 4. The van der Waals surface area contributed by atoms with Gasteiger partial charge in [-0.3, -0.25) is 10.1 Å². The van der Waals surface area contributed by atoms with Gasteiger partial charge in [0.15, 0.2) is 5.13 Å². The Hall–Kier alpha value is -2.51. The zero-order chi connectivity index (χ0) is 18.0. The Morgan fingerprint density at radius 1 is 1.32 bits per heavy atom. The van der Waals surface area contributed by atoms with Crippen LogP contribution in [-0.4, -0.2) is 29.2 Å². The molecule has 0 atom stereocenters.